The van der Waals surface area contributed by atoms with E-state index < -0.39 is 0 Å². The molecule has 0 unspecified atom stereocenters. The van der Waals surface area contributed by atoms with Gasteiger partial charge in [-0.3, -0.25) is 0 Å². The Morgan fingerprint density at radius 2 is 0.739 bits per heavy atom. The fourth-order valence-electron chi connectivity index (χ4n) is 9.96. The molecule has 0 bridgehead atoms. The highest BCUT2D eigenvalue weighted by molar-refractivity contribution is 6.28. The fraction of sp³-hybridized carbons (Fsp3) is 0. The molecule has 0 aliphatic rings. The number of hydrogen-bond acceptors (Lipinski definition) is 4. The standard InChI is InChI=1S/C64H41N5/c1-6-19-42(20-7-1)48-39-49(43-21-8-2-9-22-43)41-50(40-48)64-67-62(46-25-12-4-13-26-46)66-63(68-64)47-35-33-44(34-36-47)52-30-18-31-55-58-56(59(65-60(52)55)45-23-10-3-11-24-45)38-37-54-53-29-16-17-32-57(53)69(61(54)58)51-27-14-5-15-28-51/h1-41H. The number of nitrogens with zero attached hydrogens (tertiary/aromatic N) is 5. The van der Waals surface area contributed by atoms with Gasteiger partial charge in [-0.05, 0) is 64.2 Å². The SMILES string of the molecule is c1ccc(-c2cc(-c3ccccc3)cc(-c3nc(-c4ccccc4)nc(-c4ccc(-c5cccc6c5nc(-c5ccccc5)c5ccc7c8ccccc8n(-c8ccccc8)c7c56)cc4)n3)c2)cc1. The molecular weight excluding hydrogens is 839 g/mol. The summed E-state index contributed by atoms with van der Waals surface area (Å²) in [6.45, 7) is 0. The molecule has 10 aromatic carbocycles. The predicted molar refractivity (Wildman–Crippen MR) is 285 cm³/mol. The van der Waals surface area contributed by atoms with Crippen molar-refractivity contribution in [1.29, 1.82) is 0 Å². The van der Waals surface area contributed by atoms with Crippen LogP contribution in [-0.4, -0.2) is 24.5 Å². The Balaban J connectivity index is 0.997. The highest BCUT2D eigenvalue weighted by Crippen LogP contribution is 2.44. The van der Waals surface area contributed by atoms with E-state index in [1.54, 1.807) is 0 Å². The van der Waals surface area contributed by atoms with Gasteiger partial charge in [0.15, 0.2) is 17.5 Å². The minimum atomic E-state index is 0.598. The van der Waals surface area contributed by atoms with Crippen LogP contribution in [0.3, 0.4) is 0 Å². The molecule has 3 heterocycles. The van der Waals surface area contributed by atoms with Crippen LogP contribution in [0.25, 0.3) is 128 Å². The molecule has 0 aliphatic carbocycles. The van der Waals surface area contributed by atoms with E-state index in [0.717, 1.165) is 83.3 Å². The summed E-state index contributed by atoms with van der Waals surface area (Å²) in [6, 6.07) is 87.5. The van der Waals surface area contributed by atoms with Crippen molar-refractivity contribution in [2.45, 2.75) is 0 Å². The molecule has 0 radical (unpaired) electrons. The molecule has 13 rings (SSSR count). The molecule has 322 valence electrons. The first-order valence-electron chi connectivity index (χ1n) is 23.3. The molecule has 3 aromatic heterocycles. The van der Waals surface area contributed by atoms with E-state index in [9.17, 15) is 0 Å². The van der Waals surface area contributed by atoms with Crippen molar-refractivity contribution in [3.05, 3.63) is 249 Å². The third-order valence-corrected chi connectivity index (χ3v) is 13.2. The Morgan fingerprint density at radius 3 is 1.36 bits per heavy atom. The Bertz CT molecular complexity index is 3960. The number of para-hydroxylation sites is 3. The van der Waals surface area contributed by atoms with Gasteiger partial charge in [0.05, 0.1) is 22.2 Å². The van der Waals surface area contributed by atoms with Gasteiger partial charge in [0.1, 0.15) is 0 Å². The van der Waals surface area contributed by atoms with Crippen LogP contribution in [-0.2, 0) is 0 Å². The average Bonchev–Trinajstić information content (AvgIpc) is 3.78. The lowest BCUT2D eigenvalue weighted by atomic mass is 9.94. The van der Waals surface area contributed by atoms with Gasteiger partial charge in [0.25, 0.3) is 0 Å². The lowest BCUT2D eigenvalue weighted by molar-refractivity contribution is 1.07. The maximum Gasteiger partial charge on any atom is 0.164 e. The molecule has 5 heteroatoms. The predicted octanol–water partition coefficient (Wildman–Crippen LogP) is 16.3. The van der Waals surface area contributed by atoms with Crippen LogP contribution < -0.4 is 0 Å². The summed E-state index contributed by atoms with van der Waals surface area (Å²) < 4.78 is 2.43. The smallest absolute Gasteiger partial charge is 0.164 e. The summed E-state index contributed by atoms with van der Waals surface area (Å²) in [5.41, 5.74) is 15.7. The second-order valence-electron chi connectivity index (χ2n) is 17.4. The monoisotopic (exact) mass is 879 g/mol. The number of aromatic nitrogens is 5. The lowest BCUT2D eigenvalue weighted by Crippen LogP contribution is -2.00. The first-order valence-corrected chi connectivity index (χ1v) is 23.3. The van der Waals surface area contributed by atoms with Gasteiger partial charge in [-0.2, -0.15) is 0 Å². The van der Waals surface area contributed by atoms with E-state index in [0.29, 0.717) is 17.5 Å². The number of fused-ring (bicyclic) bond motifs is 7. The van der Waals surface area contributed by atoms with E-state index >= 15 is 0 Å². The van der Waals surface area contributed by atoms with Crippen LogP contribution >= 0.6 is 0 Å². The molecule has 0 saturated carbocycles. The third-order valence-electron chi connectivity index (χ3n) is 13.2. The van der Waals surface area contributed by atoms with Crippen molar-refractivity contribution in [1.82, 2.24) is 24.5 Å². The van der Waals surface area contributed by atoms with Gasteiger partial charge >= 0.3 is 0 Å². The molecule has 0 fully saturated rings. The summed E-state index contributed by atoms with van der Waals surface area (Å²) in [5.74, 6) is 1.82. The normalized spacial score (nSPS) is 11.5. The molecule has 0 amide bonds. The van der Waals surface area contributed by atoms with Crippen molar-refractivity contribution >= 4 is 43.5 Å². The lowest BCUT2D eigenvalue weighted by Gasteiger charge is -2.16. The average molecular weight is 880 g/mol. The van der Waals surface area contributed by atoms with Crippen molar-refractivity contribution in [3.8, 4) is 84.5 Å². The highest BCUT2D eigenvalue weighted by atomic mass is 15.0. The van der Waals surface area contributed by atoms with E-state index in [1.807, 2.05) is 30.3 Å². The molecule has 5 nitrogen and oxygen atoms in total. The van der Waals surface area contributed by atoms with Crippen LogP contribution in [0.15, 0.2) is 249 Å². The Kier molecular flexibility index (Phi) is 9.76. The second kappa shape index (κ2) is 16.8. The number of hydrogen-bond donors (Lipinski definition) is 0. The van der Waals surface area contributed by atoms with Crippen molar-refractivity contribution in [2.75, 3.05) is 0 Å². The maximum atomic E-state index is 5.60. The first-order chi connectivity index (χ1) is 34.2. The summed E-state index contributed by atoms with van der Waals surface area (Å²) in [7, 11) is 0. The zero-order valence-electron chi connectivity index (χ0n) is 37.4. The van der Waals surface area contributed by atoms with Crippen LogP contribution in [0.4, 0.5) is 0 Å². The molecule has 0 N–H and O–H groups in total. The Labute approximate surface area is 399 Å². The zero-order valence-corrected chi connectivity index (χ0v) is 37.4. The van der Waals surface area contributed by atoms with Gasteiger partial charge in [-0.15, -0.1) is 0 Å². The van der Waals surface area contributed by atoms with Gasteiger partial charge in [0.2, 0.25) is 0 Å². The first kappa shape index (κ1) is 40.0. The summed E-state index contributed by atoms with van der Waals surface area (Å²) in [6.07, 6.45) is 0. The van der Waals surface area contributed by atoms with Crippen LogP contribution in [0.2, 0.25) is 0 Å². The van der Waals surface area contributed by atoms with Crippen LogP contribution in [0, 0.1) is 0 Å². The molecular formula is C64H41N5. The van der Waals surface area contributed by atoms with Gasteiger partial charge in [-0.25, -0.2) is 19.9 Å². The fourth-order valence-corrected chi connectivity index (χ4v) is 9.96. The Hall–Kier alpha value is -9.32. The Morgan fingerprint density at radius 1 is 0.275 bits per heavy atom. The third kappa shape index (κ3) is 7.12. The van der Waals surface area contributed by atoms with Crippen molar-refractivity contribution in [3.63, 3.8) is 0 Å². The van der Waals surface area contributed by atoms with Gasteiger partial charge in [-0.1, -0.05) is 212 Å². The summed E-state index contributed by atoms with van der Waals surface area (Å²) in [5, 5.41) is 5.80. The topological polar surface area (TPSA) is 56.5 Å². The van der Waals surface area contributed by atoms with Crippen molar-refractivity contribution < 1.29 is 0 Å². The number of benzene rings is 10. The minimum Gasteiger partial charge on any atom is -0.309 e. The quantitative estimate of drug-likeness (QED) is 0.143. The number of pyridine rings is 1. The van der Waals surface area contributed by atoms with Crippen molar-refractivity contribution in [2.24, 2.45) is 0 Å². The number of rotatable bonds is 8. The van der Waals surface area contributed by atoms with E-state index in [2.05, 4.69) is 223 Å². The zero-order chi connectivity index (χ0) is 45.7. The van der Waals surface area contributed by atoms with E-state index in [4.69, 9.17) is 19.9 Å². The largest absolute Gasteiger partial charge is 0.309 e. The summed E-state index contributed by atoms with van der Waals surface area (Å²) >= 11 is 0. The molecule has 0 spiro atoms. The summed E-state index contributed by atoms with van der Waals surface area (Å²) in [4.78, 5) is 21.1. The van der Waals surface area contributed by atoms with Crippen LogP contribution in [0.5, 0.6) is 0 Å². The molecule has 0 aliphatic heterocycles. The second-order valence-corrected chi connectivity index (χ2v) is 17.4. The molecule has 0 atom stereocenters. The maximum absolute atomic E-state index is 5.60. The molecule has 0 saturated heterocycles. The van der Waals surface area contributed by atoms with E-state index in [1.165, 1.54) is 27.2 Å². The molecule has 13 aromatic rings. The minimum absolute atomic E-state index is 0.598. The van der Waals surface area contributed by atoms with E-state index in [-0.39, 0.29) is 0 Å². The highest BCUT2D eigenvalue weighted by Gasteiger charge is 2.22. The van der Waals surface area contributed by atoms with Gasteiger partial charge in [0, 0.05) is 60.4 Å². The van der Waals surface area contributed by atoms with Crippen LogP contribution in [0.1, 0.15) is 0 Å². The molecule has 69 heavy (non-hydrogen) atoms. The van der Waals surface area contributed by atoms with Gasteiger partial charge < -0.3 is 4.57 Å².